The molecule has 8 heteroatoms. The van der Waals surface area contributed by atoms with Gasteiger partial charge in [0.25, 0.3) is 0 Å². The molecule has 0 aromatic heterocycles. The topological polar surface area (TPSA) is 95.9 Å². The van der Waals surface area contributed by atoms with Crippen molar-refractivity contribution < 1.29 is 24.2 Å². The van der Waals surface area contributed by atoms with Gasteiger partial charge in [0.05, 0.1) is 16.9 Å². The fourth-order valence-corrected chi connectivity index (χ4v) is 3.96. The molecule has 2 amide bonds. The van der Waals surface area contributed by atoms with Gasteiger partial charge in [0.15, 0.2) is 0 Å². The first-order valence-electron chi connectivity index (χ1n) is 8.12. The predicted molar refractivity (Wildman–Crippen MR) is 92.7 cm³/mol. The van der Waals surface area contributed by atoms with E-state index >= 15 is 0 Å². The van der Waals surface area contributed by atoms with Crippen molar-refractivity contribution in [3.8, 4) is 0 Å². The molecule has 7 nitrogen and oxygen atoms in total. The lowest BCUT2D eigenvalue weighted by atomic mass is 9.80. The normalized spacial score (nSPS) is 19.2. The van der Waals surface area contributed by atoms with E-state index in [2.05, 4.69) is 5.32 Å². The zero-order valence-electron chi connectivity index (χ0n) is 13.7. The number of carboxylic acid groups (broad SMARTS) is 1. The molecule has 25 heavy (non-hydrogen) atoms. The van der Waals surface area contributed by atoms with Crippen molar-refractivity contribution in [3.05, 3.63) is 24.3 Å². The minimum absolute atomic E-state index is 0.0446. The molecule has 1 saturated heterocycles. The molecule has 0 spiro atoms. The molecule has 1 fully saturated rings. The summed E-state index contributed by atoms with van der Waals surface area (Å²) in [6.45, 7) is 0.681. The Morgan fingerprint density at radius 3 is 2.72 bits per heavy atom. The van der Waals surface area contributed by atoms with E-state index in [1.54, 1.807) is 0 Å². The summed E-state index contributed by atoms with van der Waals surface area (Å²) >= 11 is 1.45. The summed E-state index contributed by atoms with van der Waals surface area (Å²) < 4.78 is 5.23. The van der Waals surface area contributed by atoms with Gasteiger partial charge >= 0.3 is 5.97 Å². The van der Waals surface area contributed by atoms with Gasteiger partial charge in [-0.3, -0.25) is 14.4 Å². The van der Waals surface area contributed by atoms with Crippen LogP contribution in [0, 0.1) is 5.41 Å². The van der Waals surface area contributed by atoms with Crippen molar-refractivity contribution in [1.82, 2.24) is 5.32 Å². The molecule has 0 saturated carbocycles. The van der Waals surface area contributed by atoms with E-state index < -0.39 is 11.4 Å². The smallest absolute Gasteiger partial charge is 0.311 e. The number of anilines is 1. The van der Waals surface area contributed by atoms with Gasteiger partial charge in [-0.1, -0.05) is 12.1 Å². The minimum atomic E-state index is -0.992. The molecule has 3 rings (SSSR count). The van der Waals surface area contributed by atoms with E-state index in [4.69, 9.17) is 4.74 Å². The SMILES string of the molecule is O=C(CN1C(=O)CSc2ccccc21)NCC1(C(=O)O)CCOCC1. The van der Waals surface area contributed by atoms with Crippen molar-refractivity contribution in [2.45, 2.75) is 17.7 Å². The van der Waals surface area contributed by atoms with Crippen molar-refractivity contribution in [3.63, 3.8) is 0 Å². The quantitative estimate of drug-likeness (QED) is 0.813. The summed E-state index contributed by atoms with van der Waals surface area (Å²) in [5.41, 5.74) is -0.272. The number of carboxylic acids is 1. The van der Waals surface area contributed by atoms with Crippen LogP contribution in [-0.4, -0.2) is 54.9 Å². The number of rotatable bonds is 5. The highest BCUT2D eigenvalue weighted by atomic mass is 32.2. The lowest BCUT2D eigenvalue weighted by Crippen LogP contribution is -2.49. The highest BCUT2D eigenvalue weighted by Crippen LogP contribution is 2.34. The molecule has 2 heterocycles. The second kappa shape index (κ2) is 7.45. The molecule has 1 aromatic carbocycles. The molecular weight excluding hydrogens is 344 g/mol. The zero-order valence-corrected chi connectivity index (χ0v) is 14.5. The highest BCUT2D eigenvalue weighted by molar-refractivity contribution is 8.00. The lowest BCUT2D eigenvalue weighted by Gasteiger charge is -2.33. The number of carbonyl (C=O) groups excluding carboxylic acids is 2. The Bertz CT molecular complexity index is 687. The first-order chi connectivity index (χ1) is 12.0. The van der Waals surface area contributed by atoms with Crippen LogP contribution in [0.2, 0.25) is 0 Å². The van der Waals surface area contributed by atoms with Gasteiger partial charge in [-0.15, -0.1) is 11.8 Å². The molecule has 134 valence electrons. The summed E-state index contributed by atoms with van der Waals surface area (Å²) in [6.07, 6.45) is 0.732. The molecular formula is C17H20N2O5S. The number of ether oxygens (including phenoxy) is 1. The van der Waals surface area contributed by atoms with Gasteiger partial charge in [-0.05, 0) is 25.0 Å². The van der Waals surface area contributed by atoms with Crippen LogP contribution >= 0.6 is 11.8 Å². The minimum Gasteiger partial charge on any atom is -0.481 e. The van der Waals surface area contributed by atoms with Crippen molar-refractivity contribution in [1.29, 1.82) is 0 Å². The van der Waals surface area contributed by atoms with E-state index in [0.717, 1.165) is 10.6 Å². The molecule has 0 aliphatic carbocycles. The van der Waals surface area contributed by atoms with E-state index in [0.29, 0.717) is 31.8 Å². The second-order valence-electron chi connectivity index (χ2n) is 6.21. The van der Waals surface area contributed by atoms with E-state index in [1.807, 2.05) is 24.3 Å². The number of thioether (sulfide) groups is 1. The molecule has 2 aliphatic heterocycles. The Morgan fingerprint density at radius 1 is 1.28 bits per heavy atom. The predicted octanol–water partition coefficient (Wildman–Crippen LogP) is 1.12. The Hall–Kier alpha value is -2.06. The van der Waals surface area contributed by atoms with Crippen molar-refractivity contribution >= 4 is 35.2 Å². The number of aliphatic carboxylic acids is 1. The van der Waals surface area contributed by atoms with Crippen LogP contribution in [-0.2, 0) is 19.1 Å². The first kappa shape index (κ1) is 17.8. The van der Waals surface area contributed by atoms with Crippen LogP contribution in [0.4, 0.5) is 5.69 Å². The highest BCUT2D eigenvalue weighted by Gasteiger charge is 2.40. The number of nitrogens with zero attached hydrogens (tertiary/aromatic N) is 1. The van der Waals surface area contributed by atoms with Crippen LogP contribution in [0.5, 0.6) is 0 Å². The van der Waals surface area contributed by atoms with Crippen LogP contribution in [0.25, 0.3) is 0 Å². The number of hydrogen-bond acceptors (Lipinski definition) is 5. The Morgan fingerprint density at radius 2 is 2.00 bits per heavy atom. The molecule has 0 atom stereocenters. The summed E-state index contributed by atoms with van der Waals surface area (Å²) in [5.74, 6) is -1.12. The largest absolute Gasteiger partial charge is 0.481 e. The fourth-order valence-electron chi connectivity index (χ4n) is 3.02. The van der Waals surface area contributed by atoms with Crippen LogP contribution < -0.4 is 10.2 Å². The number of benzene rings is 1. The lowest BCUT2D eigenvalue weighted by molar-refractivity contribution is -0.154. The van der Waals surface area contributed by atoms with Gasteiger partial charge in [-0.2, -0.15) is 0 Å². The average molecular weight is 364 g/mol. The number of hydrogen-bond donors (Lipinski definition) is 2. The second-order valence-corrected chi connectivity index (χ2v) is 7.23. The Kier molecular flexibility index (Phi) is 5.29. The maximum Gasteiger partial charge on any atom is 0.311 e. The third kappa shape index (κ3) is 3.80. The molecule has 0 bridgehead atoms. The number of carbonyl (C=O) groups is 3. The number of nitrogens with one attached hydrogen (secondary N) is 1. The summed E-state index contributed by atoms with van der Waals surface area (Å²) in [4.78, 5) is 38.6. The number of fused-ring (bicyclic) bond motifs is 1. The van der Waals surface area contributed by atoms with E-state index in [9.17, 15) is 19.5 Å². The number of para-hydroxylation sites is 1. The van der Waals surface area contributed by atoms with Crippen LogP contribution in [0.15, 0.2) is 29.2 Å². The fraction of sp³-hybridized carbons (Fsp3) is 0.471. The average Bonchev–Trinajstić information content (AvgIpc) is 2.63. The summed E-state index contributed by atoms with van der Waals surface area (Å²) in [5, 5.41) is 12.2. The summed E-state index contributed by atoms with van der Waals surface area (Å²) in [7, 11) is 0. The number of amides is 2. The first-order valence-corrected chi connectivity index (χ1v) is 9.10. The van der Waals surface area contributed by atoms with E-state index in [1.165, 1.54) is 16.7 Å². The molecule has 0 radical (unpaired) electrons. The van der Waals surface area contributed by atoms with Gasteiger partial charge in [0.1, 0.15) is 6.54 Å². The monoisotopic (exact) mass is 364 g/mol. The van der Waals surface area contributed by atoms with E-state index in [-0.39, 0.29) is 24.9 Å². The molecule has 1 aromatic rings. The maximum absolute atomic E-state index is 12.3. The third-order valence-electron chi connectivity index (χ3n) is 4.64. The third-order valence-corrected chi connectivity index (χ3v) is 5.69. The summed E-state index contributed by atoms with van der Waals surface area (Å²) in [6, 6.07) is 7.44. The van der Waals surface area contributed by atoms with Crippen molar-refractivity contribution in [2.24, 2.45) is 5.41 Å². The van der Waals surface area contributed by atoms with Crippen LogP contribution in [0.1, 0.15) is 12.8 Å². The molecule has 2 aliphatic rings. The van der Waals surface area contributed by atoms with Gasteiger partial charge in [-0.25, -0.2) is 0 Å². The van der Waals surface area contributed by atoms with Crippen LogP contribution in [0.3, 0.4) is 0 Å². The van der Waals surface area contributed by atoms with Crippen molar-refractivity contribution in [2.75, 3.05) is 37.0 Å². The van der Waals surface area contributed by atoms with Gasteiger partial charge in [0.2, 0.25) is 11.8 Å². The zero-order chi connectivity index (χ0) is 17.9. The van der Waals surface area contributed by atoms with Gasteiger partial charge in [0, 0.05) is 24.7 Å². The maximum atomic E-state index is 12.3. The Balaban J connectivity index is 1.64. The molecule has 2 N–H and O–H groups in total. The molecule has 0 unspecified atom stereocenters. The Labute approximate surface area is 149 Å². The van der Waals surface area contributed by atoms with Gasteiger partial charge < -0.3 is 20.1 Å². The standard InChI is InChI=1S/C17H20N2O5S/c20-14(18-11-17(16(22)23)5-7-24-8-6-17)9-19-12-3-1-2-4-13(12)25-10-15(19)21/h1-4H,5-11H2,(H,18,20)(H,22,23).